The zero-order chi connectivity index (χ0) is 12.3. The van der Waals surface area contributed by atoms with Crippen LogP contribution in [0.15, 0.2) is 24.5 Å². The van der Waals surface area contributed by atoms with Crippen molar-refractivity contribution in [2.45, 2.75) is 25.8 Å². The molecule has 0 aromatic carbocycles. The second-order valence-corrected chi connectivity index (χ2v) is 4.69. The summed E-state index contributed by atoms with van der Waals surface area (Å²) in [5, 5.41) is 9.20. The molecule has 92 valence electrons. The minimum absolute atomic E-state index is 0.255. The molecule has 0 bridgehead atoms. The average molecular weight is 234 g/mol. The standard InChI is InChI=1S/C13H18N2O2/c1-10-4-8-15(12(10)13(16)17)9-5-11-2-6-14-7-3-11/h2-3,6-7,10,12H,4-5,8-9H2,1H3,(H,16,17). The van der Waals surface area contributed by atoms with E-state index >= 15 is 0 Å². The fourth-order valence-corrected chi connectivity index (χ4v) is 2.50. The van der Waals surface area contributed by atoms with Crippen molar-refractivity contribution in [3.63, 3.8) is 0 Å². The molecule has 0 radical (unpaired) electrons. The van der Waals surface area contributed by atoms with Crippen LogP contribution in [0.2, 0.25) is 0 Å². The highest BCUT2D eigenvalue weighted by atomic mass is 16.4. The molecule has 1 aromatic rings. The molecule has 1 fully saturated rings. The highest BCUT2D eigenvalue weighted by molar-refractivity contribution is 5.74. The van der Waals surface area contributed by atoms with Crippen LogP contribution >= 0.6 is 0 Å². The van der Waals surface area contributed by atoms with Crippen molar-refractivity contribution < 1.29 is 9.90 Å². The van der Waals surface area contributed by atoms with E-state index in [1.54, 1.807) is 12.4 Å². The number of likely N-dealkylation sites (tertiary alicyclic amines) is 1. The van der Waals surface area contributed by atoms with E-state index in [4.69, 9.17) is 0 Å². The second kappa shape index (κ2) is 5.27. The van der Waals surface area contributed by atoms with Gasteiger partial charge in [0.05, 0.1) is 0 Å². The molecule has 0 amide bonds. The Bertz CT molecular complexity index is 380. The van der Waals surface area contributed by atoms with E-state index in [2.05, 4.69) is 9.88 Å². The Hall–Kier alpha value is -1.42. The van der Waals surface area contributed by atoms with Gasteiger partial charge in [0.25, 0.3) is 0 Å². The van der Waals surface area contributed by atoms with Gasteiger partial charge in [-0.25, -0.2) is 0 Å². The Morgan fingerprint density at radius 3 is 2.88 bits per heavy atom. The summed E-state index contributed by atoms with van der Waals surface area (Å²) in [4.78, 5) is 17.2. The van der Waals surface area contributed by atoms with Gasteiger partial charge in [0.2, 0.25) is 0 Å². The number of hydrogen-bond acceptors (Lipinski definition) is 3. The van der Waals surface area contributed by atoms with Crippen molar-refractivity contribution >= 4 is 5.97 Å². The highest BCUT2D eigenvalue weighted by Crippen LogP contribution is 2.24. The number of pyridine rings is 1. The van der Waals surface area contributed by atoms with E-state index in [0.717, 1.165) is 25.9 Å². The number of nitrogens with zero attached hydrogens (tertiary/aromatic N) is 2. The molecule has 0 spiro atoms. The molecular weight excluding hydrogens is 216 g/mol. The van der Waals surface area contributed by atoms with Gasteiger partial charge in [-0.05, 0) is 43.0 Å². The van der Waals surface area contributed by atoms with Gasteiger partial charge >= 0.3 is 5.97 Å². The zero-order valence-corrected chi connectivity index (χ0v) is 10.0. The Kier molecular flexibility index (Phi) is 3.74. The van der Waals surface area contributed by atoms with Gasteiger partial charge in [-0.3, -0.25) is 14.7 Å². The first-order chi connectivity index (χ1) is 8.18. The average Bonchev–Trinajstić information content (AvgIpc) is 2.69. The molecule has 17 heavy (non-hydrogen) atoms. The van der Waals surface area contributed by atoms with Crippen molar-refractivity contribution in [3.8, 4) is 0 Å². The molecular formula is C13H18N2O2. The van der Waals surface area contributed by atoms with Crippen LogP contribution in [0, 0.1) is 5.92 Å². The Balaban J connectivity index is 1.93. The molecule has 2 rings (SSSR count). The summed E-state index contributed by atoms with van der Waals surface area (Å²) in [6.45, 7) is 3.72. The third kappa shape index (κ3) is 2.82. The molecule has 2 atom stereocenters. The third-order valence-electron chi connectivity index (χ3n) is 3.49. The van der Waals surface area contributed by atoms with Crippen molar-refractivity contribution in [2.24, 2.45) is 5.92 Å². The van der Waals surface area contributed by atoms with Crippen LogP contribution in [0.25, 0.3) is 0 Å². The SMILES string of the molecule is CC1CCN(CCc2ccncc2)C1C(=O)O. The van der Waals surface area contributed by atoms with Crippen molar-refractivity contribution in [1.82, 2.24) is 9.88 Å². The van der Waals surface area contributed by atoms with E-state index < -0.39 is 5.97 Å². The minimum atomic E-state index is -0.690. The van der Waals surface area contributed by atoms with Crippen molar-refractivity contribution in [3.05, 3.63) is 30.1 Å². The summed E-state index contributed by atoms with van der Waals surface area (Å²) in [5.41, 5.74) is 1.21. The summed E-state index contributed by atoms with van der Waals surface area (Å²) in [6, 6.07) is 3.65. The maximum atomic E-state index is 11.2. The number of aromatic nitrogens is 1. The molecule has 0 aliphatic carbocycles. The Morgan fingerprint density at radius 2 is 2.24 bits per heavy atom. The van der Waals surface area contributed by atoms with Crippen LogP contribution in [0.4, 0.5) is 0 Å². The fraction of sp³-hybridized carbons (Fsp3) is 0.538. The van der Waals surface area contributed by atoms with Crippen LogP contribution in [0.5, 0.6) is 0 Å². The number of carboxylic acid groups (broad SMARTS) is 1. The lowest BCUT2D eigenvalue weighted by atomic mass is 10.0. The molecule has 2 heterocycles. The molecule has 1 saturated heterocycles. The van der Waals surface area contributed by atoms with Crippen LogP contribution in [0.3, 0.4) is 0 Å². The second-order valence-electron chi connectivity index (χ2n) is 4.69. The normalized spacial score (nSPS) is 25.0. The van der Waals surface area contributed by atoms with Crippen molar-refractivity contribution in [1.29, 1.82) is 0 Å². The minimum Gasteiger partial charge on any atom is -0.480 e. The van der Waals surface area contributed by atoms with E-state index in [1.807, 2.05) is 19.1 Å². The summed E-state index contributed by atoms with van der Waals surface area (Å²) >= 11 is 0. The van der Waals surface area contributed by atoms with Crippen molar-refractivity contribution in [2.75, 3.05) is 13.1 Å². The van der Waals surface area contributed by atoms with Crippen LogP contribution in [-0.4, -0.2) is 40.1 Å². The predicted molar refractivity (Wildman–Crippen MR) is 64.7 cm³/mol. The smallest absolute Gasteiger partial charge is 0.321 e. The molecule has 4 nitrogen and oxygen atoms in total. The molecule has 2 unspecified atom stereocenters. The van der Waals surface area contributed by atoms with Crippen LogP contribution < -0.4 is 0 Å². The summed E-state index contributed by atoms with van der Waals surface area (Å²) in [7, 11) is 0. The number of aliphatic carboxylic acids is 1. The molecule has 1 aromatic heterocycles. The largest absolute Gasteiger partial charge is 0.480 e. The lowest BCUT2D eigenvalue weighted by molar-refractivity contribution is -0.143. The highest BCUT2D eigenvalue weighted by Gasteiger charge is 2.35. The predicted octanol–water partition coefficient (Wildman–Crippen LogP) is 1.42. The van der Waals surface area contributed by atoms with E-state index in [-0.39, 0.29) is 12.0 Å². The fourth-order valence-electron chi connectivity index (χ4n) is 2.50. The number of hydrogen-bond donors (Lipinski definition) is 1. The lowest BCUT2D eigenvalue weighted by Crippen LogP contribution is -2.40. The van der Waals surface area contributed by atoms with Gasteiger partial charge in [0, 0.05) is 18.9 Å². The van der Waals surface area contributed by atoms with Gasteiger partial charge in [-0.2, -0.15) is 0 Å². The van der Waals surface area contributed by atoms with Gasteiger partial charge in [0.15, 0.2) is 0 Å². The van der Waals surface area contributed by atoms with Crippen LogP contribution in [-0.2, 0) is 11.2 Å². The third-order valence-corrected chi connectivity index (χ3v) is 3.49. The van der Waals surface area contributed by atoms with Gasteiger partial charge in [-0.1, -0.05) is 6.92 Å². The first kappa shape index (κ1) is 12.0. The monoisotopic (exact) mass is 234 g/mol. The summed E-state index contributed by atoms with van der Waals surface area (Å²) in [6.07, 6.45) is 5.42. The van der Waals surface area contributed by atoms with Gasteiger partial charge in [0.1, 0.15) is 6.04 Å². The summed E-state index contributed by atoms with van der Waals surface area (Å²) < 4.78 is 0. The quantitative estimate of drug-likeness (QED) is 0.856. The Labute approximate surface area is 101 Å². The number of rotatable bonds is 4. The number of carboxylic acids is 1. The maximum Gasteiger partial charge on any atom is 0.321 e. The van der Waals surface area contributed by atoms with Gasteiger partial charge in [-0.15, -0.1) is 0 Å². The first-order valence-electron chi connectivity index (χ1n) is 6.04. The maximum absolute atomic E-state index is 11.2. The topological polar surface area (TPSA) is 53.4 Å². The molecule has 1 N–H and O–H groups in total. The summed E-state index contributed by atoms with van der Waals surface area (Å²) in [5.74, 6) is -0.435. The molecule has 0 saturated carbocycles. The Morgan fingerprint density at radius 1 is 1.53 bits per heavy atom. The number of carbonyl (C=O) groups is 1. The molecule has 1 aliphatic rings. The zero-order valence-electron chi connectivity index (χ0n) is 10.0. The molecule has 4 heteroatoms. The van der Waals surface area contributed by atoms with E-state index in [9.17, 15) is 9.90 Å². The molecule has 1 aliphatic heterocycles. The van der Waals surface area contributed by atoms with E-state index in [1.165, 1.54) is 5.56 Å². The van der Waals surface area contributed by atoms with Crippen LogP contribution in [0.1, 0.15) is 18.9 Å². The lowest BCUT2D eigenvalue weighted by Gasteiger charge is -2.22. The first-order valence-corrected chi connectivity index (χ1v) is 6.04. The van der Waals surface area contributed by atoms with Gasteiger partial charge < -0.3 is 5.11 Å². The van der Waals surface area contributed by atoms with E-state index in [0.29, 0.717) is 0 Å².